The number of hydrogen-bond acceptors (Lipinski definition) is 5. The molecule has 1 aliphatic rings. The Morgan fingerprint density at radius 2 is 1.68 bits per heavy atom. The zero-order valence-corrected chi connectivity index (χ0v) is 16.9. The van der Waals surface area contributed by atoms with Gasteiger partial charge in [-0.25, -0.2) is 4.98 Å². The summed E-state index contributed by atoms with van der Waals surface area (Å²) in [6.45, 7) is 2.42. The van der Waals surface area contributed by atoms with E-state index in [1.807, 2.05) is 41.3 Å². The van der Waals surface area contributed by atoms with Crippen LogP contribution in [0.15, 0.2) is 79.0 Å². The molecular weight excluding hydrogens is 392 g/mol. The lowest BCUT2D eigenvalue weighted by molar-refractivity contribution is -0.385. The van der Waals surface area contributed by atoms with Crippen molar-refractivity contribution in [3.05, 3.63) is 94.7 Å². The highest BCUT2D eigenvalue weighted by atomic mass is 16.6. The van der Waals surface area contributed by atoms with E-state index in [9.17, 15) is 14.9 Å². The Bertz CT molecular complexity index is 1090. The van der Waals surface area contributed by atoms with Crippen molar-refractivity contribution in [3.63, 3.8) is 0 Å². The van der Waals surface area contributed by atoms with E-state index in [-0.39, 0.29) is 11.6 Å². The monoisotopic (exact) mass is 414 g/mol. The van der Waals surface area contributed by atoms with Crippen molar-refractivity contribution in [1.29, 1.82) is 0 Å². The molecule has 0 spiro atoms. The van der Waals surface area contributed by atoms with Gasteiger partial charge in [-0.1, -0.05) is 48.5 Å². The van der Waals surface area contributed by atoms with Crippen LogP contribution in [0.25, 0.3) is 17.2 Å². The third kappa shape index (κ3) is 4.95. The van der Waals surface area contributed by atoms with Crippen LogP contribution in [-0.2, 0) is 4.79 Å². The van der Waals surface area contributed by atoms with Gasteiger partial charge < -0.3 is 9.80 Å². The van der Waals surface area contributed by atoms with Crippen molar-refractivity contribution in [2.24, 2.45) is 0 Å². The first kappa shape index (κ1) is 20.3. The van der Waals surface area contributed by atoms with Crippen LogP contribution < -0.4 is 4.90 Å². The maximum absolute atomic E-state index is 12.6. The van der Waals surface area contributed by atoms with E-state index in [1.165, 1.54) is 12.3 Å². The van der Waals surface area contributed by atoms with Crippen LogP contribution in [0, 0.1) is 10.1 Å². The second-order valence-electron chi connectivity index (χ2n) is 7.27. The number of aromatic nitrogens is 1. The van der Waals surface area contributed by atoms with Gasteiger partial charge >= 0.3 is 0 Å². The van der Waals surface area contributed by atoms with Crippen LogP contribution >= 0.6 is 0 Å². The van der Waals surface area contributed by atoms with Crippen LogP contribution in [0.5, 0.6) is 0 Å². The number of carbonyl (C=O) groups is 1. The average Bonchev–Trinajstić information content (AvgIpc) is 2.83. The van der Waals surface area contributed by atoms with Crippen molar-refractivity contribution in [2.75, 3.05) is 31.1 Å². The molecule has 1 fully saturated rings. The van der Waals surface area contributed by atoms with Crippen LogP contribution in [0.2, 0.25) is 0 Å². The fourth-order valence-corrected chi connectivity index (χ4v) is 3.55. The summed E-state index contributed by atoms with van der Waals surface area (Å²) in [4.78, 5) is 30.9. The molecule has 31 heavy (non-hydrogen) atoms. The molecule has 0 unspecified atom stereocenters. The fraction of sp³-hybridized carbons (Fsp3) is 0.167. The highest BCUT2D eigenvalue weighted by Crippen LogP contribution is 2.21. The molecular formula is C24H22N4O3. The Morgan fingerprint density at radius 3 is 2.35 bits per heavy atom. The molecule has 7 heteroatoms. The van der Waals surface area contributed by atoms with Crippen LogP contribution in [0.3, 0.4) is 0 Å². The van der Waals surface area contributed by atoms with E-state index in [0.717, 1.165) is 16.7 Å². The molecule has 0 radical (unpaired) electrons. The topological polar surface area (TPSA) is 79.6 Å². The molecule has 0 aliphatic carbocycles. The van der Waals surface area contributed by atoms with Gasteiger partial charge in [-0.2, -0.15) is 0 Å². The molecule has 4 rings (SSSR count). The highest BCUT2D eigenvalue weighted by Gasteiger charge is 2.21. The molecule has 2 aromatic carbocycles. The molecule has 0 atom stereocenters. The van der Waals surface area contributed by atoms with Crippen molar-refractivity contribution in [1.82, 2.24) is 9.88 Å². The normalized spacial score (nSPS) is 14.1. The molecule has 1 saturated heterocycles. The predicted octanol–water partition coefficient (Wildman–Crippen LogP) is 4.02. The molecule has 1 aliphatic heterocycles. The van der Waals surface area contributed by atoms with E-state index in [4.69, 9.17) is 0 Å². The lowest BCUT2D eigenvalue weighted by atomic mass is 10.0. The van der Waals surface area contributed by atoms with Gasteiger partial charge in [0.05, 0.1) is 4.92 Å². The maximum atomic E-state index is 12.6. The number of amides is 1. The zero-order chi connectivity index (χ0) is 21.6. The first-order valence-electron chi connectivity index (χ1n) is 10.1. The van der Waals surface area contributed by atoms with Crippen molar-refractivity contribution in [3.8, 4) is 11.1 Å². The minimum absolute atomic E-state index is 0.0265. The summed E-state index contributed by atoms with van der Waals surface area (Å²) in [6.07, 6.45) is 4.72. The van der Waals surface area contributed by atoms with E-state index in [0.29, 0.717) is 32.0 Å². The van der Waals surface area contributed by atoms with Gasteiger partial charge in [0, 0.05) is 38.3 Å². The van der Waals surface area contributed by atoms with E-state index in [2.05, 4.69) is 29.2 Å². The van der Waals surface area contributed by atoms with Gasteiger partial charge in [-0.3, -0.25) is 14.9 Å². The standard InChI is InChI=1S/C24H22N4O3/c29-24(12-9-19-5-4-8-21(17-19)20-6-2-1-3-7-20)27-15-13-26(14-16-27)23-11-10-22(18-25-23)28(30)31/h1-12,17-18H,13-16H2/b12-9+. The Morgan fingerprint density at radius 1 is 0.935 bits per heavy atom. The fourth-order valence-electron chi connectivity index (χ4n) is 3.55. The Kier molecular flexibility index (Phi) is 6.03. The van der Waals surface area contributed by atoms with Gasteiger partial charge in [-0.05, 0) is 34.9 Å². The maximum Gasteiger partial charge on any atom is 0.287 e. The second-order valence-corrected chi connectivity index (χ2v) is 7.27. The highest BCUT2D eigenvalue weighted by molar-refractivity contribution is 5.92. The van der Waals surface area contributed by atoms with Gasteiger partial charge in [0.2, 0.25) is 5.91 Å². The predicted molar refractivity (Wildman–Crippen MR) is 121 cm³/mol. The summed E-state index contributed by atoms with van der Waals surface area (Å²) >= 11 is 0. The minimum Gasteiger partial charge on any atom is -0.353 e. The molecule has 0 N–H and O–H groups in total. The van der Waals surface area contributed by atoms with Crippen LogP contribution in [-0.4, -0.2) is 46.9 Å². The Balaban J connectivity index is 1.35. The van der Waals surface area contributed by atoms with Gasteiger partial charge in [0.25, 0.3) is 5.69 Å². The lowest BCUT2D eigenvalue weighted by Crippen LogP contribution is -2.48. The quantitative estimate of drug-likeness (QED) is 0.358. The van der Waals surface area contributed by atoms with Crippen LogP contribution in [0.4, 0.5) is 11.5 Å². The number of nitrogens with zero attached hydrogens (tertiary/aromatic N) is 4. The molecule has 1 amide bonds. The summed E-state index contributed by atoms with van der Waals surface area (Å²) in [6, 6.07) is 21.3. The zero-order valence-electron chi connectivity index (χ0n) is 16.9. The molecule has 156 valence electrons. The minimum atomic E-state index is -0.463. The first-order chi connectivity index (χ1) is 15.1. The van der Waals surface area contributed by atoms with E-state index < -0.39 is 4.92 Å². The van der Waals surface area contributed by atoms with Crippen molar-refractivity contribution in [2.45, 2.75) is 0 Å². The number of anilines is 1. The summed E-state index contributed by atoms with van der Waals surface area (Å²) in [7, 11) is 0. The van der Waals surface area contributed by atoms with Gasteiger partial charge in [0.15, 0.2) is 0 Å². The van der Waals surface area contributed by atoms with Gasteiger partial charge in [-0.15, -0.1) is 0 Å². The Hall–Kier alpha value is -4.00. The molecule has 0 bridgehead atoms. The Labute approximate surface area is 180 Å². The molecule has 2 heterocycles. The number of benzene rings is 2. The lowest BCUT2D eigenvalue weighted by Gasteiger charge is -2.34. The summed E-state index contributed by atoms with van der Waals surface area (Å²) in [5.74, 6) is 0.660. The smallest absolute Gasteiger partial charge is 0.287 e. The molecule has 7 nitrogen and oxygen atoms in total. The number of carbonyl (C=O) groups excluding carboxylic acids is 1. The number of hydrogen-bond donors (Lipinski definition) is 0. The summed E-state index contributed by atoms with van der Waals surface area (Å²) < 4.78 is 0. The van der Waals surface area contributed by atoms with E-state index in [1.54, 1.807) is 17.0 Å². The number of piperazine rings is 1. The number of pyridine rings is 1. The molecule has 3 aromatic rings. The second kappa shape index (κ2) is 9.21. The summed E-state index contributed by atoms with van der Waals surface area (Å²) in [5, 5.41) is 10.8. The third-order valence-electron chi connectivity index (χ3n) is 5.27. The van der Waals surface area contributed by atoms with E-state index >= 15 is 0 Å². The summed E-state index contributed by atoms with van der Waals surface area (Å²) in [5.41, 5.74) is 3.20. The number of nitro groups is 1. The SMILES string of the molecule is O=C(/C=C/c1cccc(-c2ccccc2)c1)N1CCN(c2ccc([N+](=O)[O-])cn2)CC1. The van der Waals surface area contributed by atoms with Crippen LogP contribution in [0.1, 0.15) is 5.56 Å². The number of rotatable bonds is 5. The molecule has 1 aromatic heterocycles. The molecule has 0 saturated carbocycles. The average molecular weight is 414 g/mol. The van der Waals surface area contributed by atoms with Crippen molar-refractivity contribution >= 4 is 23.5 Å². The third-order valence-corrected chi connectivity index (χ3v) is 5.27. The van der Waals surface area contributed by atoms with Gasteiger partial charge in [0.1, 0.15) is 12.0 Å². The largest absolute Gasteiger partial charge is 0.353 e. The van der Waals surface area contributed by atoms with Crippen molar-refractivity contribution < 1.29 is 9.72 Å². The first-order valence-corrected chi connectivity index (χ1v) is 10.1.